The minimum absolute atomic E-state index is 0.103. The van der Waals surface area contributed by atoms with Crippen molar-refractivity contribution in [2.24, 2.45) is 0 Å². The van der Waals surface area contributed by atoms with E-state index in [1.165, 1.54) is 0 Å². The van der Waals surface area contributed by atoms with Crippen LogP contribution in [0, 0.1) is 0 Å². The maximum absolute atomic E-state index is 9.87. The summed E-state index contributed by atoms with van der Waals surface area (Å²) in [5, 5.41) is 13.1. The van der Waals surface area contributed by atoms with E-state index < -0.39 is 6.10 Å². The van der Waals surface area contributed by atoms with Gasteiger partial charge in [-0.3, -0.25) is 0 Å². The van der Waals surface area contributed by atoms with Crippen LogP contribution in [0.1, 0.15) is 11.7 Å². The number of morpholine rings is 1. The Bertz CT molecular complexity index is 312. The molecule has 0 saturated carbocycles. The van der Waals surface area contributed by atoms with Gasteiger partial charge in [-0.25, -0.2) is 0 Å². The molecular weight excluding hydrogens is 218 g/mol. The van der Waals surface area contributed by atoms with Crippen molar-refractivity contribution in [1.29, 1.82) is 0 Å². The predicted octanol–water partition coefficient (Wildman–Crippen LogP) is 0.725. The fourth-order valence-corrected chi connectivity index (χ4v) is 1.81. The van der Waals surface area contributed by atoms with Crippen molar-refractivity contribution in [2.75, 3.05) is 32.9 Å². The monoisotopic (exact) mass is 237 g/mol. The summed E-state index contributed by atoms with van der Waals surface area (Å²) >= 11 is 0. The number of ether oxygens (including phenoxy) is 2. The molecule has 1 aliphatic heterocycles. The van der Waals surface area contributed by atoms with E-state index in [0.717, 1.165) is 25.3 Å². The third-order valence-electron chi connectivity index (χ3n) is 2.77. The van der Waals surface area contributed by atoms with E-state index in [0.29, 0.717) is 13.2 Å². The summed E-state index contributed by atoms with van der Waals surface area (Å²) in [6.07, 6.45) is -0.459. The van der Waals surface area contributed by atoms with Crippen LogP contribution < -0.4 is 5.32 Å². The lowest BCUT2D eigenvalue weighted by Gasteiger charge is -2.23. The predicted molar refractivity (Wildman–Crippen MR) is 64.8 cm³/mol. The Hall–Kier alpha value is -0.940. The Kier molecular flexibility index (Phi) is 4.94. The normalized spacial score (nSPS) is 22.3. The molecule has 1 aromatic carbocycles. The van der Waals surface area contributed by atoms with E-state index in [1.54, 1.807) is 0 Å². The molecule has 4 heteroatoms. The summed E-state index contributed by atoms with van der Waals surface area (Å²) < 4.78 is 11.0. The lowest BCUT2D eigenvalue weighted by Crippen LogP contribution is -2.41. The van der Waals surface area contributed by atoms with Crippen LogP contribution in [0.2, 0.25) is 0 Å². The van der Waals surface area contributed by atoms with Crippen LogP contribution in [0.3, 0.4) is 0 Å². The molecule has 4 nitrogen and oxygen atoms in total. The highest BCUT2D eigenvalue weighted by Crippen LogP contribution is 2.12. The Labute approximate surface area is 102 Å². The number of aliphatic hydroxyl groups excluding tert-OH is 1. The lowest BCUT2D eigenvalue weighted by molar-refractivity contribution is -0.0501. The summed E-state index contributed by atoms with van der Waals surface area (Å²) in [5.74, 6) is 0. The van der Waals surface area contributed by atoms with Gasteiger partial charge in [-0.1, -0.05) is 30.3 Å². The first-order valence-electron chi connectivity index (χ1n) is 5.99. The Morgan fingerprint density at radius 3 is 2.94 bits per heavy atom. The third-order valence-corrected chi connectivity index (χ3v) is 2.77. The molecule has 0 aliphatic carbocycles. The fraction of sp³-hybridized carbons (Fsp3) is 0.538. The average molecular weight is 237 g/mol. The number of benzene rings is 1. The molecule has 17 heavy (non-hydrogen) atoms. The van der Waals surface area contributed by atoms with E-state index in [1.807, 2.05) is 30.3 Å². The first kappa shape index (κ1) is 12.5. The minimum Gasteiger partial charge on any atom is -0.386 e. The molecule has 2 rings (SSSR count). The molecule has 0 spiro atoms. The second kappa shape index (κ2) is 6.71. The summed E-state index contributed by atoms with van der Waals surface area (Å²) in [6, 6.07) is 9.54. The van der Waals surface area contributed by atoms with Gasteiger partial charge in [0.25, 0.3) is 0 Å². The van der Waals surface area contributed by atoms with Crippen LogP contribution in [0.15, 0.2) is 30.3 Å². The Morgan fingerprint density at radius 2 is 2.24 bits per heavy atom. The van der Waals surface area contributed by atoms with Gasteiger partial charge in [0, 0.05) is 13.1 Å². The minimum atomic E-state index is -0.562. The van der Waals surface area contributed by atoms with Crippen LogP contribution in [0.5, 0.6) is 0 Å². The van der Waals surface area contributed by atoms with Gasteiger partial charge in [0.2, 0.25) is 0 Å². The van der Waals surface area contributed by atoms with Gasteiger partial charge in [-0.15, -0.1) is 0 Å². The summed E-state index contributed by atoms with van der Waals surface area (Å²) in [4.78, 5) is 0. The third kappa shape index (κ3) is 4.09. The lowest BCUT2D eigenvalue weighted by atomic mass is 10.1. The molecule has 1 unspecified atom stereocenters. The van der Waals surface area contributed by atoms with Crippen molar-refractivity contribution in [3.05, 3.63) is 35.9 Å². The van der Waals surface area contributed by atoms with Crippen LogP contribution in [0.25, 0.3) is 0 Å². The van der Waals surface area contributed by atoms with Crippen LogP contribution in [-0.2, 0) is 9.47 Å². The first-order chi connectivity index (χ1) is 8.36. The molecule has 1 aliphatic rings. The summed E-state index contributed by atoms with van der Waals surface area (Å²) in [5.41, 5.74) is 0.884. The Balaban J connectivity index is 1.67. The molecule has 0 bridgehead atoms. The maximum Gasteiger partial charge on any atom is 0.102 e. The van der Waals surface area contributed by atoms with Crippen LogP contribution in [-0.4, -0.2) is 44.1 Å². The molecule has 0 radical (unpaired) electrons. The second-order valence-electron chi connectivity index (χ2n) is 4.16. The molecule has 0 amide bonds. The largest absolute Gasteiger partial charge is 0.386 e. The molecule has 2 atom stereocenters. The average Bonchev–Trinajstić information content (AvgIpc) is 2.41. The van der Waals surface area contributed by atoms with E-state index >= 15 is 0 Å². The van der Waals surface area contributed by atoms with Crippen molar-refractivity contribution >= 4 is 0 Å². The topological polar surface area (TPSA) is 50.7 Å². The first-order valence-corrected chi connectivity index (χ1v) is 5.99. The van der Waals surface area contributed by atoms with Gasteiger partial charge >= 0.3 is 0 Å². The van der Waals surface area contributed by atoms with Crippen molar-refractivity contribution in [1.82, 2.24) is 5.32 Å². The highest BCUT2D eigenvalue weighted by atomic mass is 16.5. The molecule has 2 N–H and O–H groups in total. The standard InChI is InChI=1S/C13H19NO3/c15-13(11-4-2-1-3-5-11)10-16-9-12-8-14-6-7-17-12/h1-5,12-15H,6-10H2/t12?,13-/m0/s1. The summed E-state index contributed by atoms with van der Waals surface area (Å²) in [7, 11) is 0. The van der Waals surface area contributed by atoms with E-state index in [-0.39, 0.29) is 6.10 Å². The number of nitrogens with one attached hydrogen (secondary N) is 1. The molecule has 0 aromatic heterocycles. The van der Waals surface area contributed by atoms with Crippen molar-refractivity contribution in [2.45, 2.75) is 12.2 Å². The van der Waals surface area contributed by atoms with Gasteiger partial charge in [0.15, 0.2) is 0 Å². The van der Waals surface area contributed by atoms with Crippen LogP contribution in [0.4, 0.5) is 0 Å². The molecule has 1 fully saturated rings. The van der Waals surface area contributed by atoms with Gasteiger partial charge in [-0.2, -0.15) is 0 Å². The molecule has 1 saturated heterocycles. The fourth-order valence-electron chi connectivity index (χ4n) is 1.81. The van der Waals surface area contributed by atoms with Crippen molar-refractivity contribution in [3.63, 3.8) is 0 Å². The number of hydrogen-bond acceptors (Lipinski definition) is 4. The number of rotatable bonds is 5. The van der Waals surface area contributed by atoms with Crippen LogP contribution >= 0.6 is 0 Å². The zero-order valence-corrected chi connectivity index (χ0v) is 9.84. The summed E-state index contributed by atoms with van der Waals surface area (Å²) in [6.45, 7) is 3.29. The number of aliphatic hydroxyl groups is 1. The van der Waals surface area contributed by atoms with Gasteiger partial charge in [0.05, 0.1) is 25.9 Å². The van der Waals surface area contributed by atoms with Crippen molar-refractivity contribution in [3.8, 4) is 0 Å². The zero-order chi connectivity index (χ0) is 11.9. The molecule has 94 valence electrons. The van der Waals surface area contributed by atoms with E-state index in [4.69, 9.17) is 9.47 Å². The molecule has 1 heterocycles. The quantitative estimate of drug-likeness (QED) is 0.792. The van der Waals surface area contributed by atoms with Crippen molar-refractivity contribution < 1.29 is 14.6 Å². The van der Waals surface area contributed by atoms with Gasteiger partial charge in [-0.05, 0) is 5.56 Å². The highest BCUT2D eigenvalue weighted by molar-refractivity contribution is 5.17. The maximum atomic E-state index is 9.87. The van der Waals surface area contributed by atoms with E-state index in [2.05, 4.69) is 5.32 Å². The van der Waals surface area contributed by atoms with Gasteiger partial charge < -0.3 is 19.9 Å². The molecular formula is C13H19NO3. The number of hydrogen-bond donors (Lipinski definition) is 2. The van der Waals surface area contributed by atoms with Gasteiger partial charge in [0.1, 0.15) is 6.10 Å². The Morgan fingerprint density at radius 1 is 1.41 bits per heavy atom. The highest BCUT2D eigenvalue weighted by Gasteiger charge is 2.14. The van der Waals surface area contributed by atoms with E-state index in [9.17, 15) is 5.11 Å². The molecule has 1 aromatic rings. The SMILES string of the molecule is O[C@@H](COCC1CNCCO1)c1ccccc1. The second-order valence-corrected chi connectivity index (χ2v) is 4.16. The smallest absolute Gasteiger partial charge is 0.102 e. The zero-order valence-electron chi connectivity index (χ0n) is 9.84.